The van der Waals surface area contributed by atoms with Crippen LogP contribution in [-0.2, 0) is 18.6 Å². The molecule has 0 fully saturated rings. The highest BCUT2D eigenvalue weighted by molar-refractivity contribution is 6.06. The molecule has 1 heterocycles. The van der Waals surface area contributed by atoms with Crippen LogP contribution in [-0.4, -0.2) is 17.0 Å². The molecule has 1 amide bonds. The first-order valence-corrected chi connectivity index (χ1v) is 9.05. The van der Waals surface area contributed by atoms with E-state index in [1.807, 2.05) is 0 Å². The molecule has 0 bridgehead atoms. The number of hydrogen-bond donors (Lipinski definition) is 1. The molecule has 1 aromatic heterocycles. The van der Waals surface area contributed by atoms with Gasteiger partial charge in [0.05, 0.1) is 16.6 Å². The van der Waals surface area contributed by atoms with E-state index in [9.17, 15) is 22.8 Å². The fourth-order valence-electron chi connectivity index (χ4n) is 3.21. The van der Waals surface area contributed by atoms with Crippen LogP contribution in [0.2, 0.25) is 0 Å². The van der Waals surface area contributed by atoms with Crippen molar-refractivity contribution in [1.82, 2.24) is 9.88 Å². The van der Waals surface area contributed by atoms with Crippen LogP contribution in [0.3, 0.4) is 0 Å². The van der Waals surface area contributed by atoms with E-state index in [2.05, 4.69) is 5.32 Å². The number of rotatable bonds is 4. The molecule has 0 radical (unpaired) electrons. The highest BCUT2D eigenvalue weighted by Crippen LogP contribution is 2.32. The Hall–Kier alpha value is -3.09. The molecule has 0 atom stereocenters. The molecule has 152 valence electrons. The van der Waals surface area contributed by atoms with E-state index >= 15 is 0 Å². The van der Waals surface area contributed by atoms with Gasteiger partial charge in [-0.2, -0.15) is 13.2 Å². The zero-order chi connectivity index (χ0) is 21.4. The number of halogens is 3. The summed E-state index contributed by atoms with van der Waals surface area (Å²) >= 11 is 0. The van der Waals surface area contributed by atoms with Crippen molar-refractivity contribution in [2.24, 2.45) is 7.05 Å². The Balaban J connectivity index is 1.87. The number of nitrogens with zero attached hydrogens (tertiary/aromatic N) is 1. The Labute approximate surface area is 166 Å². The first-order valence-electron chi connectivity index (χ1n) is 9.05. The van der Waals surface area contributed by atoms with E-state index < -0.39 is 23.1 Å². The lowest BCUT2D eigenvalue weighted by molar-refractivity contribution is -0.137. The van der Waals surface area contributed by atoms with Gasteiger partial charge in [-0.1, -0.05) is 50.2 Å². The fraction of sp³-hybridized carbons (Fsp3) is 0.273. The van der Waals surface area contributed by atoms with Crippen molar-refractivity contribution in [3.05, 3.63) is 81.6 Å². The number of pyridine rings is 1. The van der Waals surface area contributed by atoms with Gasteiger partial charge in [0.2, 0.25) is 0 Å². The smallest absolute Gasteiger partial charge is 0.351 e. The third-order valence-corrected chi connectivity index (χ3v) is 5.06. The summed E-state index contributed by atoms with van der Waals surface area (Å²) in [6, 6.07) is 13.4. The van der Waals surface area contributed by atoms with Crippen molar-refractivity contribution in [3.8, 4) is 0 Å². The van der Waals surface area contributed by atoms with Crippen LogP contribution >= 0.6 is 0 Å². The third kappa shape index (κ3) is 4.18. The van der Waals surface area contributed by atoms with Gasteiger partial charge in [-0.05, 0) is 17.7 Å². The number of amides is 1. The van der Waals surface area contributed by atoms with E-state index in [0.29, 0.717) is 16.5 Å². The average molecular weight is 402 g/mol. The first-order chi connectivity index (χ1) is 13.5. The molecule has 2 aromatic carbocycles. The van der Waals surface area contributed by atoms with Gasteiger partial charge in [-0.25, -0.2) is 0 Å². The van der Waals surface area contributed by atoms with Gasteiger partial charge in [0.1, 0.15) is 0 Å². The number of benzene rings is 2. The Morgan fingerprint density at radius 2 is 1.66 bits per heavy atom. The lowest BCUT2D eigenvalue weighted by atomic mass is 9.83. The lowest BCUT2D eigenvalue weighted by Gasteiger charge is -2.26. The number of aryl methyl sites for hydroxylation is 1. The molecule has 1 N–H and O–H groups in total. The maximum absolute atomic E-state index is 13.0. The summed E-state index contributed by atoms with van der Waals surface area (Å²) in [6.07, 6.45) is -4.43. The Kier molecular flexibility index (Phi) is 5.26. The number of para-hydroxylation sites is 1. The Morgan fingerprint density at radius 1 is 1.00 bits per heavy atom. The van der Waals surface area contributed by atoms with Gasteiger partial charge in [-0.15, -0.1) is 0 Å². The zero-order valence-electron chi connectivity index (χ0n) is 16.3. The second-order valence-corrected chi connectivity index (χ2v) is 7.62. The zero-order valence-corrected chi connectivity index (χ0v) is 16.3. The average Bonchev–Trinajstić information content (AvgIpc) is 2.68. The Bertz CT molecular complexity index is 1130. The topological polar surface area (TPSA) is 51.1 Å². The number of alkyl halides is 3. The van der Waals surface area contributed by atoms with Crippen LogP contribution in [0.4, 0.5) is 13.2 Å². The van der Waals surface area contributed by atoms with Gasteiger partial charge >= 0.3 is 6.18 Å². The van der Waals surface area contributed by atoms with Gasteiger partial charge < -0.3 is 9.88 Å². The van der Waals surface area contributed by atoms with E-state index in [-0.39, 0.29) is 17.7 Å². The molecule has 0 aliphatic rings. The minimum absolute atomic E-state index is 0.108. The molecule has 0 spiro atoms. The molecule has 0 unspecified atom stereocenters. The van der Waals surface area contributed by atoms with Crippen LogP contribution in [0.25, 0.3) is 10.9 Å². The van der Waals surface area contributed by atoms with E-state index in [4.69, 9.17) is 0 Å². The minimum atomic E-state index is -4.43. The SMILES string of the molecule is Cn1c(=O)cc(C(=O)NCC(C)(C)c2cccc(C(F)(F)F)c2)c2ccccc21. The van der Waals surface area contributed by atoms with Crippen LogP contribution in [0.5, 0.6) is 0 Å². The van der Waals surface area contributed by atoms with Gasteiger partial charge in [0.15, 0.2) is 0 Å². The third-order valence-electron chi connectivity index (χ3n) is 5.06. The van der Waals surface area contributed by atoms with Crippen molar-refractivity contribution in [3.63, 3.8) is 0 Å². The molecule has 3 rings (SSSR count). The first kappa shape index (κ1) is 20.6. The summed E-state index contributed by atoms with van der Waals surface area (Å²) in [4.78, 5) is 25.0. The number of aromatic nitrogens is 1. The van der Waals surface area contributed by atoms with E-state index in [1.165, 1.54) is 16.7 Å². The van der Waals surface area contributed by atoms with Crippen LogP contribution < -0.4 is 10.9 Å². The van der Waals surface area contributed by atoms with Crippen molar-refractivity contribution >= 4 is 16.8 Å². The standard InChI is InChI=1S/C22H21F3N2O2/c1-21(2,14-7-6-8-15(11-14)22(23,24)25)13-26-20(29)17-12-19(28)27(3)18-10-5-4-9-16(17)18/h4-12H,13H2,1-3H3,(H,26,29). The summed E-state index contributed by atoms with van der Waals surface area (Å²) in [6.45, 7) is 3.62. The molecule has 4 nitrogen and oxygen atoms in total. The normalized spacial score (nSPS) is 12.2. The second-order valence-electron chi connectivity index (χ2n) is 7.62. The van der Waals surface area contributed by atoms with Gasteiger partial charge in [0, 0.05) is 30.5 Å². The van der Waals surface area contributed by atoms with Gasteiger partial charge in [0.25, 0.3) is 11.5 Å². The predicted molar refractivity (Wildman–Crippen MR) is 106 cm³/mol. The highest BCUT2D eigenvalue weighted by atomic mass is 19.4. The minimum Gasteiger partial charge on any atom is -0.351 e. The summed E-state index contributed by atoms with van der Waals surface area (Å²) < 4.78 is 40.5. The van der Waals surface area contributed by atoms with Crippen molar-refractivity contribution in [2.45, 2.75) is 25.4 Å². The molecule has 0 saturated carbocycles. The van der Waals surface area contributed by atoms with Crippen LogP contribution in [0.1, 0.15) is 35.3 Å². The maximum Gasteiger partial charge on any atom is 0.416 e. The Morgan fingerprint density at radius 3 is 2.34 bits per heavy atom. The number of carbonyl (C=O) groups excluding carboxylic acids is 1. The lowest BCUT2D eigenvalue weighted by Crippen LogP contribution is -2.37. The summed E-state index contributed by atoms with van der Waals surface area (Å²) in [5.74, 6) is -0.445. The van der Waals surface area contributed by atoms with Crippen LogP contribution in [0.15, 0.2) is 59.4 Å². The van der Waals surface area contributed by atoms with Gasteiger partial charge in [-0.3, -0.25) is 9.59 Å². The number of carbonyl (C=O) groups is 1. The van der Waals surface area contributed by atoms with Crippen molar-refractivity contribution in [1.29, 1.82) is 0 Å². The molecule has 29 heavy (non-hydrogen) atoms. The number of nitrogens with one attached hydrogen (secondary N) is 1. The number of fused-ring (bicyclic) bond motifs is 1. The monoisotopic (exact) mass is 402 g/mol. The largest absolute Gasteiger partial charge is 0.416 e. The quantitative estimate of drug-likeness (QED) is 0.709. The molecule has 0 aliphatic carbocycles. The van der Waals surface area contributed by atoms with Crippen molar-refractivity contribution in [2.75, 3.05) is 6.54 Å². The molecular formula is C22H21F3N2O2. The molecule has 3 aromatic rings. The summed E-state index contributed by atoms with van der Waals surface area (Å²) in [7, 11) is 1.63. The fourth-order valence-corrected chi connectivity index (χ4v) is 3.21. The van der Waals surface area contributed by atoms with Crippen molar-refractivity contribution < 1.29 is 18.0 Å². The van der Waals surface area contributed by atoms with Crippen LogP contribution in [0, 0.1) is 0 Å². The van der Waals surface area contributed by atoms with E-state index in [1.54, 1.807) is 51.2 Å². The molecule has 0 aliphatic heterocycles. The molecular weight excluding hydrogens is 381 g/mol. The summed E-state index contributed by atoms with van der Waals surface area (Å²) in [5.41, 5.74) is -0.461. The molecule has 7 heteroatoms. The summed E-state index contributed by atoms with van der Waals surface area (Å²) in [5, 5.41) is 3.40. The highest BCUT2D eigenvalue weighted by Gasteiger charge is 2.32. The number of hydrogen-bond acceptors (Lipinski definition) is 2. The van der Waals surface area contributed by atoms with E-state index in [0.717, 1.165) is 12.1 Å². The molecule has 0 saturated heterocycles. The maximum atomic E-state index is 13.0. The predicted octanol–water partition coefficient (Wildman–Crippen LogP) is 4.26. The second kappa shape index (κ2) is 7.39.